The minimum Gasteiger partial charge on any atom is -0.468 e. The maximum absolute atomic E-state index is 14.2. The highest BCUT2D eigenvalue weighted by molar-refractivity contribution is 5.97. The Hall–Kier alpha value is -2.17. The molecule has 5 heteroatoms. The van der Waals surface area contributed by atoms with Crippen molar-refractivity contribution in [2.75, 3.05) is 14.2 Å². The SMILES string of the molecule is COC(=O)C(CC1=C(F)CCc2ccccc21)C(=O)OC. The lowest BCUT2D eigenvalue weighted by Gasteiger charge is -2.21. The van der Waals surface area contributed by atoms with Crippen molar-refractivity contribution in [1.82, 2.24) is 0 Å². The summed E-state index contributed by atoms with van der Waals surface area (Å²) in [6.45, 7) is 0. The van der Waals surface area contributed by atoms with Gasteiger partial charge in [-0.1, -0.05) is 24.3 Å². The second-order valence-electron chi connectivity index (χ2n) is 4.84. The van der Waals surface area contributed by atoms with Gasteiger partial charge in [0.1, 0.15) is 5.83 Å². The van der Waals surface area contributed by atoms with Gasteiger partial charge in [0.25, 0.3) is 0 Å². The van der Waals surface area contributed by atoms with E-state index in [4.69, 9.17) is 0 Å². The number of fused-ring (bicyclic) bond motifs is 1. The first-order chi connectivity index (χ1) is 10.1. The van der Waals surface area contributed by atoms with Gasteiger partial charge in [0.2, 0.25) is 0 Å². The maximum Gasteiger partial charge on any atom is 0.320 e. The predicted octanol–water partition coefficient (Wildman–Crippen LogP) is 2.67. The van der Waals surface area contributed by atoms with Crippen molar-refractivity contribution in [1.29, 1.82) is 0 Å². The molecule has 2 rings (SSSR count). The standard InChI is InChI=1S/C16H17FO4/c1-20-15(18)13(16(19)21-2)9-12-11-6-4-3-5-10(11)7-8-14(12)17/h3-6,13H,7-9H2,1-2H3. The fraction of sp³-hybridized carbons (Fsp3) is 0.375. The lowest BCUT2D eigenvalue weighted by molar-refractivity contribution is -0.158. The number of methoxy groups -OCH3 is 2. The van der Waals surface area contributed by atoms with E-state index in [1.807, 2.05) is 18.2 Å². The lowest BCUT2D eigenvalue weighted by atomic mass is 9.85. The third-order valence-electron chi connectivity index (χ3n) is 3.66. The van der Waals surface area contributed by atoms with E-state index < -0.39 is 17.9 Å². The minimum atomic E-state index is -1.15. The Morgan fingerprint density at radius 1 is 1.14 bits per heavy atom. The highest BCUT2D eigenvalue weighted by atomic mass is 19.1. The molecular formula is C16H17FO4. The van der Waals surface area contributed by atoms with Crippen LogP contribution in [0.25, 0.3) is 5.57 Å². The van der Waals surface area contributed by atoms with Gasteiger partial charge in [-0.3, -0.25) is 9.59 Å². The maximum atomic E-state index is 14.2. The molecule has 112 valence electrons. The summed E-state index contributed by atoms with van der Waals surface area (Å²) in [5.74, 6) is -2.87. The highest BCUT2D eigenvalue weighted by Crippen LogP contribution is 2.36. The van der Waals surface area contributed by atoms with Crippen LogP contribution in [0.2, 0.25) is 0 Å². The van der Waals surface area contributed by atoms with E-state index in [1.165, 1.54) is 14.2 Å². The minimum absolute atomic E-state index is 0.0534. The lowest BCUT2D eigenvalue weighted by Crippen LogP contribution is -2.27. The molecule has 0 unspecified atom stereocenters. The number of carbonyl (C=O) groups excluding carboxylic acids is 2. The van der Waals surface area contributed by atoms with Crippen LogP contribution in [0.1, 0.15) is 24.0 Å². The van der Waals surface area contributed by atoms with Crippen LogP contribution in [0.3, 0.4) is 0 Å². The molecular weight excluding hydrogens is 275 g/mol. The molecule has 0 atom stereocenters. The molecule has 0 spiro atoms. The molecule has 1 aliphatic carbocycles. The van der Waals surface area contributed by atoms with Crippen LogP contribution in [-0.4, -0.2) is 26.2 Å². The van der Waals surface area contributed by atoms with E-state index in [9.17, 15) is 14.0 Å². The Balaban J connectivity index is 2.35. The monoisotopic (exact) mass is 292 g/mol. The number of hydrogen-bond donors (Lipinski definition) is 0. The van der Waals surface area contributed by atoms with Crippen molar-refractivity contribution in [2.45, 2.75) is 19.3 Å². The molecule has 0 bridgehead atoms. The summed E-state index contributed by atoms with van der Waals surface area (Å²) in [5.41, 5.74) is 2.15. The summed E-state index contributed by atoms with van der Waals surface area (Å²) in [6.07, 6.45) is 0.843. The van der Waals surface area contributed by atoms with Crippen LogP contribution in [0, 0.1) is 5.92 Å². The summed E-state index contributed by atoms with van der Waals surface area (Å²) in [5, 5.41) is 0. The Morgan fingerprint density at radius 3 is 2.38 bits per heavy atom. The van der Waals surface area contributed by atoms with E-state index in [2.05, 4.69) is 9.47 Å². The Kier molecular flexibility index (Phi) is 4.73. The Labute approximate surface area is 122 Å². The van der Waals surface area contributed by atoms with E-state index in [-0.39, 0.29) is 18.7 Å². The number of rotatable bonds is 4. The summed E-state index contributed by atoms with van der Waals surface area (Å²) in [4.78, 5) is 23.5. The fourth-order valence-electron chi connectivity index (χ4n) is 2.55. The van der Waals surface area contributed by atoms with Crippen molar-refractivity contribution in [2.24, 2.45) is 5.92 Å². The van der Waals surface area contributed by atoms with Crippen LogP contribution >= 0.6 is 0 Å². The first-order valence-corrected chi connectivity index (χ1v) is 6.70. The van der Waals surface area contributed by atoms with Gasteiger partial charge in [-0.15, -0.1) is 0 Å². The topological polar surface area (TPSA) is 52.6 Å². The number of allylic oxidation sites excluding steroid dienone is 2. The zero-order valence-corrected chi connectivity index (χ0v) is 12.0. The van der Waals surface area contributed by atoms with Gasteiger partial charge in [-0.25, -0.2) is 4.39 Å². The average molecular weight is 292 g/mol. The predicted molar refractivity (Wildman–Crippen MR) is 74.9 cm³/mol. The molecule has 1 aliphatic rings. The summed E-state index contributed by atoms with van der Waals surface area (Å²) < 4.78 is 23.4. The first-order valence-electron chi connectivity index (χ1n) is 6.70. The Bertz CT molecular complexity index is 576. The summed E-state index contributed by atoms with van der Waals surface area (Å²) in [6, 6.07) is 7.42. The molecule has 0 amide bonds. The molecule has 0 saturated carbocycles. The zero-order valence-electron chi connectivity index (χ0n) is 12.0. The summed E-state index contributed by atoms with van der Waals surface area (Å²) in [7, 11) is 2.38. The van der Waals surface area contributed by atoms with Gasteiger partial charge in [-0.05, 0) is 29.5 Å². The molecule has 4 nitrogen and oxygen atoms in total. The van der Waals surface area contributed by atoms with E-state index in [0.717, 1.165) is 11.1 Å². The molecule has 1 aromatic rings. The Morgan fingerprint density at radius 2 is 1.76 bits per heavy atom. The highest BCUT2D eigenvalue weighted by Gasteiger charge is 2.32. The van der Waals surface area contributed by atoms with Crippen LogP contribution in [0.15, 0.2) is 30.1 Å². The molecule has 0 N–H and O–H groups in total. The van der Waals surface area contributed by atoms with E-state index >= 15 is 0 Å². The molecule has 0 saturated heterocycles. The van der Waals surface area contributed by atoms with E-state index in [1.54, 1.807) is 6.07 Å². The van der Waals surface area contributed by atoms with Gasteiger partial charge in [0.05, 0.1) is 14.2 Å². The quantitative estimate of drug-likeness (QED) is 0.632. The molecule has 21 heavy (non-hydrogen) atoms. The molecule has 0 aliphatic heterocycles. The number of esters is 2. The van der Waals surface area contributed by atoms with Crippen molar-refractivity contribution >= 4 is 17.5 Å². The van der Waals surface area contributed by atoms with Crippen molar-refractivity contribution in [3.8, 4) is 0 Å². The summed E-state index contributed by atoms with van der Waals surface area (Å²) >= 11 is 0. The largest absolute Gasteiger partial charge is 0.468 e. The smallest absolute Gasteiger partial charge is 0.320 e. The number of aryl methyl sites for hydroxylation is 1. The van der Waals surface area contributed by atoms with Crippen molar-refractivity contribution in [3.05, 3.63) is 41.2 Å². The second kappa shape index (κ2) is 6.52. The van der Waals surface area contributed by atoms with Gasteiger partial charge in [-0.2, -0.15) is 0 Å². The number of halogens is 1. The van der Waals surface area contributed by atoms with Gasteiger partial charge >= 0.3 is 11.9 Å². The second-order valence-corrected chi connectivity index (χ2v) is 4.84. The number of ether oxygens (including phenoxy) is 2. The number of hydrogen-bond acceptors (Lipinski definition) is 4. The third kappa shape index (κ3) is 3.12. The van der Waals surface area contributed by atoms with Crippen molar-refractivity contribution < 1.29 is 23.5 Å². The number of benzene rings is 1. The molecule has 0 radical (unpaired) electrons. The van der Waals surface area contributed by atoms with Crippen molar-refractivity contribution in [3.63, 3.8) is 0 Å². The molecule has 1 aromatic carbocycles. The van der Waals surface area contributed by atoms with Crippen LogP contribution in [0.5, 0.6) is 0 Å². The van der Waals surface area contributed by atoms with Crippen LogP contribution in [-0.2, 0) is 25.5 Å². The average Bonchev–Trinajstić information content (AvgIpc) is 2.52. The number of carbonyl (C=O) groups is 2. The van der Waals surface area contributed by atoms with E-state index in [0.29, 0.717) is 12.0 Å². The fourth-order valence-corrected chi connectivity index (χ4v) is 2.55. The molecule has 0 heterocycles. The normalized spacial score (nSPS) is 13.9. The third-order valence-corrected chi connectivity index (χ3v) is 3.66. The van der Waals surface area contributed by atoms with Crippen LogP contribution < -0.4 is 0 Å². The molecule has 0 fully saturated rings. The first kappa shape index (κ1) is 15.2. The zero-order chi connectivity index (χ0) is 15.4. The van der Waals surface area contributed by atoms with Gasteiger partial charge in [0.15, 0.2) is 5.92 Å². The van der Waals surface area contributed by atoms with Gasteiger partial charge < -0.3 is 9.47 Å². The van der Waals surface area contributed by atoms with Gasteiger partial charge in [0, 0.05) is 6.42 Å². The molecule has 0 aromatic heterocycles. The van der Waals surface area contributed by atoms with Crippen LogP contribution in [0.4, 0.5) is 4.39 Å².